The fraction of sp³-hybridized carbons (Fsp3) is 0.150. The highest BCUT2D eigenvalue weighted by Gasteiger charge is 2.14. The van der Waals surface area contributed by atoms with Gasteiger partial charge in [0, 0.05) is 17.3 Å². The van der Waals surface area contributed by atoms with Crippen molar-refractivity contribution in [2.45, 2.75) is 13.3 Å². The normalized spacial score (nSPS) is 10.3. The van der Waals surface area contributed by atoms with Crippen molar-refractivity contribution < 1.29 is 18.8 Å². The van der Waals surface area contributed by atoms with Crippen molar-refractivity contribution in [1.29, 1.82) is 0 Å². The smallest absolute Gasteiger partial charge is 0.310 e. The van der Waals surface area contributed by atoms with Crippen LogP contribution in [-0.2, 0) is 16.0 Å². The molecule has 1 heterocycles. The Morgan fingerprint density at radius 3 is 2.50 bits per heavy atom. The lowest BCUT2D eigenvalue weighted by atomic mass is 10.1. The summed E-state index contributed by atoms with van der Waals surface area (Å²) in [7, 11) is 0. The number of hydrogen-bond donors (Lipinski definition) is 1. The van der Waals surface area contributed by atoms with E-state index in [1.807, 2.05) is 30.3 Å². The van der Waals surface area contributed by atoms with E-state index in [1.165, 1.54) is 0 Å². The fourth-order valence-corrected chi connectivity index (χ4v) is 2.40. The lowest BCUT2D eigenvalue weighted by molar-refractivity contribution is -0.142. The molecule has 0 saturated heterocycles. The average Bonchev–Trinajstić information content (AvgIpc) is 3.15. The molecule has 0 fully saturated rings. The first-order valence-electron chi connectivity index (χ1n) is 8.23. The number of benzene rings is 2. The minimum Gasteiger partial charge on any atom is -0.466 e. The number of esters is 1. The predicted molar refractivity (Wildman–Crippen MR) is 96.7 cm³/mol. The van der Waals surface area contributed by atoms with Crippen LogP contribution in [0.5, 0.6) is 0 Å². The van der Waals surface area contributed by atoms with E-state index in [-0.39, 0.29) is 24.0 Å². The molecule has 0 spiro atoms. The van der Waals surface area contributed by atoms with Gasteiger partial charge in [0.1, 0.15) is 0 Å². The summed E-state index contributed by atoms with van der Waals surface area (Å²) in [6, 6.07) is 18.0. The zero-order chi connectivity index (χ0) is 18.4. The summed E-state index contributed by atoms with van der Waals surface area (Å²) in [5.74, 6) is -0.116. The quantitative estimate of drug-likeness (QED) is 0.686. The summed E-state index contributed by atoms with van der Waals surface area (Å²) in [6.07, 6.45) is 0.200. The van der Waals surface area contributed by atoms with Crippen molar-refractivity contribution in [3.8, 4) is 11.3 Å². The Bertz CT molecular complexity index is 886. The molecule has 0 atom stereocenters. The molecule has 3 rings (SSSR count). The molecule has 132 valence electrons. The summed E-state index contributed by atoms with van der Waals surface area (Å²) >= 11 is 0. The van der Waals surface area contributed by atoms with Crippen molar-refractivity contribution in [3.05, 3.63) is 71.9 Å². The summed E-state index contributed by atoms with van der Waals surface area (Å²) in [5, 5.41) is 6.57. The molecule has 0 aliphatic carbocycles. The van der Waals surface area contributed by atoms with Gasteiger partial charge in [0.15, 0.2) is 11.5 Å². The largest absolute Gasteiger partial charge is 0.466 e. The van der Waals surface area contributed by atoms with E-state index >= 15 is 0 Å². The minimum absolute atomic E-state index is 0.194. The van der Waals surface area contributed by atoms with Crippen molar-refractivity contribution in [2.24, 2.45) is 0 Å². The van der Waals surface area contributed by atoms with Gasteiger partial charge < -0.3 is 14.6 Å². The summed E-state index contributed by atoms with van der Waals surface area (Å²) in [4.78, 5) is 23.8. The minimum atomic E-state index is -0.367. The molecule has 0 aliphatic rings. The average molecular weight is 350 g/mol. The van der Waals surface area contributed by atoms with Gasteiger partial charge in [0.25, 0.3) is 5.91 Å². The van der Waals surface area contributed by atoms with E-state index in [0.29, 0.717) is 18.1 Å². The second kappa shape index (κ2) is 8.11. The molecule has 1 amide bonds. The Morgan fingerprint density at radius 1 is 1.08 bits per heavy atom. The summed E-state index contributed by atoms with van der Waals surface area (Å²) in [6.45, 7) is 2.12. The number of nitrogens with one attached hydrogen (secondary N) is 1. The van der Waals surface area contributed by atoms with E-state index in [1.54, 1.807) is 37.3 Å². The van der Waals surface area contributed by atoms with Crippen LogP contribution in [-0.4, -0.2) is 23.6 Å². The number of nitrogens with zero attached hydrogens (tertiary/aromatic N) is 1. The predicted octanol–water partition coefficient (Wildman–Crippen LogP) is 3.70. The first kappa shape index (κ1) is 17.4. The third kappa shape index (κ3) is 4.36. The number of anilines is 1. The topological polar surface area (TPSA) is 81.4 Å². The van der Waals surface area contributed by atoms with E-state index < -0.39 is 0 Å². The maximum atomic E-state index is 12.3. The standard InChI is InChI=1S/C20H18N2O4/c1-2-25-19(23)12-14-8-10-16(11-9-14)21-20(24)17-13-18(26-22-17)15-6-4-3-5-7-15/h3-11,13H,2,12H2,1H3,(H,21,24). The van der Waals surface area contributed by atoms with Gasteiger partial charge in [-0.3, -0.25) is 9.59 Å². The van der Waals surface area contributed by atoms with Crippen LogP contribution in [0.2, 0.25) is 0 Å². The van der Waals surface area contributed by atoms with Crippen LogP contribution >= 0.6 is 0 Å². The first-order chi connectivity index (χ1) is 12.7. The van der Waals surface area contributed by atoms with Gasteiger partial charge >= 0.3 is 5.97 Å². The lowest BCUT2D eigenvalue weighted by Gasteiger charge is -2.05. The van der Waals surface area contributed by atoms with Crippen LogP contribution in [0.4, 0.5) is 5.69 Å². The van der Waals surface area contributed by atoms with E-state index in [9.17, 15) is 9.59 Å². The van der Waals surface area contributed by atoms with Crippen LogP contribution < -0.4 is 5.32 Å². The van der Waals surface area contributed by atoms with Crippen LogP contribution in [0, 0.1) is 0 Å². The first-order valence-corrected chi connectivity index (χ1v) is 8.23. The maximum Gasteiger partial charge on any atom is 0.310 e. The highest BCUT2D eigenvalue weighted by Crippen LogP contribution is 2.20. The Labute approximate surface area is 150 Å². The van der Waals surface area contributed by atoms with Gasteiger partial charge in [-0.1, -0.05) is 47.6 Å². The van der Waals surface area contributed by atoms with Crippen LogP contribution in [0.1, 0.15) is 23.0 Å². The molecule has 0 bridgehead atoms. The third-order valence-corrected chi connectivity index (χ3v) is 3.67. The summed E-state index contributed by atoms with van der Waals surface area (Å²) in [5.41, 5.74) is 2.46. The van der Waals surface area contributed by atoms with E-state index in [0.717, 1.165) is 11.1 Å². The number of amides is 1. The number of carbonyl (C=O) groups excluding carboxylic acids is 2. The molecular weight excluding hydrogens is 332 g/mol. The number of rotatable bonds is 6. The molecule has 0 saturated carbocycles. The van der Waals surface area contributed by atoms with Crippen LogP contribution in [0.15, 0.2) is 65.2 Å². The third-order valence-electron chi connectivity index (χ3n) is 3.67. The molecular formula is C20H18N2O4. The van der Waals surface area contributed by atoms with E-state index in [4.69, 9.17) is 9.26 Å². The number of ether oxygens (including phenoxy) is 1. The summed E-state index contributed by atoms with van der Waals surface area (Å²) < 4.78 is 10.1. The van der Waals surface area contributed by atoms with Crippen molar-refractivity contribution in [1.82, 2.24) is 5.16 Å². The molecule has 0 unspecified atom stereocenters. The zero-order valence-corrected chi connectivity index (χ0v) is 14.3. The van der Waals surface area contributed by atoms with Crippen LogP contribution in [0.3, 0.4) is 0 Å². The highest BCUT2D eigenvalue weighted by molar-refractivity contribution is 6.03. The van der Waals surface area contributed by atoms with Gasteiger partial charge in [-0.25, -0.2) is 0 Å². The second-order valence-corrected chi connectivity index (χ2v) is 5.58. The molecule has 6 nitrogen and oxygen atoms in total. The molecule has 2 aromatic carbocycles. The highest BCUT2D eigenvalue weighted by atomic mass is 16.5. The zero-order valence-electron chi connectivity index (χ0n) is 14.3. The second-order valence-electron chi connectivity index (χ2n) is 5.58. The number of aromatic nitrogens is 1. The Kier molecular flexibility index (Phi) is 5.43. The molecule has 1 N–H and O–H groups in total. The lowest BCUT2D eigenvalue weighted by Crippen LogP contribution is -2.12. The van der Waals surface area contributed by atoms with Gasteiger partial charge in [-0.15, -0.1) is 0 Å². The van der Waals surface area contributed by atoms with Gasteiger partial charge in [-0.2, -0.15) is 0 Å². The van der Waals surface area contributed by atoms with Gasteiger partial charge in [-0.05, 0) is 24.6 Å². The molecule has 1 aromatic heterocycles. The SMILES string of the molecule is CCOC(=O)Cc1ccc(NC(=O)c2cc(-c3ccccc3)on2)cc1. The monoisotopic (exact) mass is 350 g/mol. The molecule has 26 heavy (non-hydrogen) atoms. The Balaban J connectivity index is 1.63. The Morgan fingerprint density at radius 2 is 1.81 bits per heavy atom. The van der Waals surface area contributed by atoms with Crippen molar-refractivity contribution >= 4 is 17.6 Å². The van der Waals surface area contributed by atoms with Gasteiger partial charge in [0.05, 0.1) is 13.0 Å². The fourth-order valence-electron chi connectivity index (χ4n) is 2.40. The molecule has 3 aromatic rings. The van der Waals surface area contributed by atoms with Crippen molar-refractivity contribution in [2.75, 3.05) is 11.9 Å². The molecule has 6 heteroatoms. The van der Waals surface area contributed by atoms with Crippen LogP contribution in [0.25, 0.3) is 11.3 Å². The molecule has 0 aliphatic heterocycles. The van der Waals surface area contributed by atoms with E-state index in [2.05, 4.69) is 10.5 Å². The number of hydrogen-bond acceptors (Lipinski definition) is 5. The van der Waals surface area contributed by atoms with Crippen molar-refractivity contribution in [3.63, 3.8) is 0 Å². The number of carbonyl (C=O) groups is 2. The van der Waals surface area contributed by atoms with Gasteiger partial charge in [0.2, 0.25) is 0 Å². The Hall–Kier alpha value is -3.41. The molecule has 0 radical (unpaired) electrons. The maximum absolute atomic E-state index is 12.3.